The molecule has 0 saturated heterocycles. The summed E-state index contributed by atoms with van der Waals surface area (Å²) in [6.07, 6.45) is -4.85. The molecule has 4 atom stereocenters. The van der Waals surface area contributed by atoms with Gasteiger partial charge in [0.1, 0.15) is 0 Å². The van der Waals surface area contributed by atoms with Crippen molar-refractivity contribution in [1.82, 2.24) is 0 Å². The molecule has 0 saturated carbocycles. The van der Waals surface area contributed by atoms with E-state index in [1.54, 1.807) is 0 Å². The second-order valence-corrected chi connectivity index (χ2v) is 4.14. The first-order chi connectivity index (χ1) is 8.70. The molecule has 110 valence electrons. The summed E-state index contributed by atoms with van der Waals surface area (Å²) in [7, 11) is 0.987. The fourth-order valence-electron chi connectivity index (χ4n) is 1.29. The van der Waals surface area contributed by atoms with Gasteiger partial charge in [-0.3, -0.25) is 4.79 Å². The molecule has 0 fully saturated rings. The lowest BCUT2D eigenvalue weighted by Gasteiger charge is -2.19. The largest absolute Gasteiger partial charge is 0.481 e. The normalized spacial score (nSPS) is 16.9. The third-order valence-corrected chi connectivity index (χ3v) is 2.41. The quantitative estimate of drug-likeness (QED) is 0.501. The van der Waals surface area contributed by atoms with E-state index in [2.05, 4.69) is 4.74 Å². The van der Waals surface area contributed by atoms with Crippen molar-refractivity contribution in [1.29, 1.82) is 0 Å². The summed E-state index contributed by atoms with van der Waals surface area (Å²) in [6.45, 7) is 2.88. The first kappa shape index (κ1) is 17.3. The topological polar surface area (TPSA) is 130 Å². The number of aliphatic hydroxyl groups excluding tert-OH is 2. The maximum Gasteiger partial charge on any atom is 0.338 e. The summed E-state index contributed by atoms with van der Waals surface area (Å²) in [5, 5.41) is 27.2. The molecular weight excluding hydrogens is 260 g/mol. The molecule has 0 aliphatic carbocycles. The number of aliphatic hydroxyl groups is 2. The Morgan fingerprint density at radius 2 is 1.53 bits per heavy atom. The molecule has 19 heavy (non-hydrogen) atoms. The van der Waals surface area contributed by atoms with Crippen molar-refractivity contribution in [3.05, 3.63) is 0 Å². The van der Waals surface area contributed by atoms with Gasteiger partial charge in [0.2, 0.25) is 0 Å². The van der Waals surface area contributed by atoms with E-state index in [1.807, 2.05) is 0 Å². The Hall–Kier alpha value is -1.67. The zero-order chi connectivity index (χ0) is 15.2. The van der Waals surface area contributed by atoms with Crippen LogP contribution in [0.3, 0.4) is 0 Å². The number of hydrogen-bond acceptors (Lipinski definition) is 7. The van der Waals surface area contributed by atoms with Crippen LogP contribution in [0.4, 0.5) is 0 Å². The fourth-order valence-corrected chi connectivity index (χ4v) is 1.29. The smallest absolute Gasteiger partial charge is 0.338 e. The minimum absolute atomic E-state index is 0.0438. The Balaban J connectivity index is 4.36. The molecule has 0 aliphatic heterocycles. The Bertz CT molecular complexity index is 340. The van der Waals surface area contributed by atoms with Gasteiger partial charge in [-0.05, 0) is 13.3 Å². The number of carbonyl (C=O) groups excluding carboxylic acids is 2. The van der Waals surface area contributed by atoms with E-state index in [-0.39, 0.29) is 6.42 Å². The van der Waals surface area contributed by atoms with Crippen LogP contribution in [0.15, 0.2) is 0 Å². The van der Waals surface area contributed by atoms with E-state index < -0.39 is 42.1 Å². The highest BCUT2D eigenvalue weighted by molar-refractivity contribution is 5.85. The Morgan fingerprint density at radius 3 is 1.95 bits per heavy atom. The molecule has 0 rings (SSSR count). The van der Waals surface area contributed by atoms with Crippen molar-refractivity contribution in [3.8, 4) is 0 Å². The highest BCUT2D eigenvalue weighted by atomic mass is 16.6. The van der Waals surface area contributed by atoms with Gasteiger partial charge >= 0.3 is 17.9 Å². The number of carbonyl (C=O) groups is 3. The summed E-state index contributed by atoms with van der Waals surface area (Å²) >= 11 is 0. The van der Waals surface area contributed by atoms with Crippen LogP contribution >= 0.6 is 0 Å². The van der Waals surface area contributed by atoms with Gasteiger partial charge in [-0.2, -0.15) is 0 Å². The fraction of sp³-hybridized carbons (Fsp3) is 0.727. The number of carboxylic acids is 1. The summed E-state index contributed by atoms with van der Waals surface area (Å²) in [5.74, 6) is -4.16. The number of methoxy groups -OCH3 is 1. The summed E-state index contributed by atoms with van der Waals surface area (Å²) < 4.78 is 8.88. The average molecular weight is 278 g/mol. The summed E-state index contributed by atoms with van der Waals surface area (Å²) in [4.78, 5) is 32.9. The molecule has 3 N–H and O–H groups in total. The van der Waals surface area contributed by atoms with Gasteiger partial charge in [0.25, 0.3) is 0 Å². The SMILES string of the molecule is COC(=O)C(O)C(O)C(=O)OC(C)CC(C)C(=O)O. The maximum absolute atomic E-state index is 11.4. The third-order valence-electron chi connectivity index (χ3n) is 2.41. The highest BCUT2D eigenvalue weighted by Gasteiger charge is 2.33. The maximum atomic E-state index is 11.4. The lowest BCUT2D eigenvalue weighted by atomic mass is 10.1. The number of carboxylic acid groups (broad SMARTS) is 1. The second-order valence-electron chi connectivity index (χ2n) is 4.14. The van der Waals surface area contributed by atoms with Crippen LogP contribution < -0.4 is 0 Å². The highest BCUT2D eigenvalue weighted by Crippen LogP contribution is 2.11. The van der Waals surface area contributed by atoms with Crippen molar-refractivity contribution in [2.75, 3.05) is 7.11 Å². The van der Waals surface area contributed by atoms with Gasteiger partial charge < -0.3 is 24.8 Å². The lowest BCUT2D eigenvalue weighted by molar-refractivity contribution is -0.175. The molecule has 0 aromatic heterocycles. The van der Waals surface area contributed by atoms with Crippen molar-refractivity contribution >= 4 is 17.9 Å². The summed E-state index contributed by atoms with van der Waals surface area (Å²) in [5.41, 5.74) is 0. The molecule has 0 amide bonds. The van der Waals surface area contributed by atoms with E-state index >= 15 is 0 Å². The Kier molecular flexibility index (Phi) is 7.02. The van der Waals surface area contributed by atoms with Gasteiger partial charge in [0, 0.05) is 0 Å². The monoisotopic (exact) mass is 278 g/mol. The standard InChI is InChI=1S/C11H18O8/c1-5(9(14)15)4-6(2)19-11(17)8(13)7(12)10(16)18-3/h5-8,12-13H,4H2,1-3H3,(H,14,15). The molecule has 8 heteroatoms. The number of ether oxygens (including phenoxy) is 2. The molecule has 0 bridgehead atoms. The van der Waals surface area contributed by atoms with E-state index in [1.165, 1.54) is 13.8 Å². The van der Waals surface area contributed by atoms with Crippen LogP contribution in [-0.4, -0.2) is 58.6 Å². The minimum Gasteiger partial charge on any atom is -0.481 e. The van der Waals surface area contributed by atoms with Crippen LogP contribution in [0.25, 0.3) is 0 Å². The molecular formula is C11H18O8. The number of rotatable bonds is 7. The molecule has 8 nitrogen and oxygen atoms in total. The van der Waals surface area contributed by atoms with Crippen LogP contribution in [0.1, 0.15) is 20.3 Å². The van der Waals surface area contributed by atoms with Crippen molar-refractivity contribution < 1.29 is 39.2 Å². The molecule has 0 radical (unpaired) electrons. The van der Waals surface area contributed by atoms with Crippen molar-refractivity contribution in [2.24, 2.45) is 5.92 Å². The van der Waals surface area contributed by atoms with Crippen LogP contribution in [0, 0.1) is 5.92 Å². The van der Waals surface area contributed by atoms with Crippen LogP contribution in [0.2, 0.25) is 0 Å². The average Bonchev–Trinajstić information content (AvgIpc) is 2.35. The minimum atomic E-state index is -2.07. The van der Waals surface area contributed by atoms with Crippen molar-refractivity contribution in [2.45, 2.75) is 38.6 Å². The zero-order valence-corrected chi connectivity index (χ0v) is 10.9. The van der Waals surface area contributed by atoms with E-state index in [0.29, 0.717) is 0 Å². The van der Waals surface area contributed by atoms with E-state index in [4.69, 9.17) is 9.84 Å². The van der Waals surface area contributed by atoms with Crippen LogP contribution in [0.5, 0.6) is 0 Å². The zero-order valence-electron chi connectivity index (χ0n) is 10.9. The predicted octanol–water partition coefficient (Wildman–Crippen LogP) is -1.08. The predicted molar refractivity (Wildman–Crippen MR) is 61.0 cm³/mol. The second kappa shape index (κ2) is 7.70. The molecule has 0 aromatic carbocycles. The number of aliphatic carboxylic acids is 1. The van der Waals surface area contributed by atoms with Gasteiger partial charge in [0.15, 0.2) is 12.2 Å². The first-order valence-electron chi connectivity index (χ1n) is 5.58. The molecule has 0 aromatic rings. The molecule has 0 aliphatic rings. The first-order valence-corrected chi connectivity index (χ1v) is 5.58. The van der Waals surface area contributed by atoms with Gasteiger partial charge in [-0.15, -0.1) is 0 Å². The summed E-state index contributed by atoms with van der Waals surface area (Å²) in [6, 6.07) is 0. The van der Waals surface area contributed by atoms with E-state index in [0.717, 1.165) is 7.11 Å². The Labute approximate surface area is 109 Å². The van der Waals surface area contributed by atoms with Crippen molar-refractivity contribution in [3.63, 3.8) is 0 Å². The van der Waals surface area contributed by atoms with E-state index in [9.17, 15) is 24.6 Å². The molecule has 0 heterocycles. The number of esters is 2. The lowest BCUT2D eigenvalue weighted by Crippen LogP contribution is -2.42. The Morgan fingerprint density at radius 1 is 1.05 bits per heavy atom. The van der Waals surface area contributed by atoms with Gasteiger partial charge in [-0.25, -0.2) is 9.59 Å². The molecule has 0 spiro atoms. The third kappa shape index (κ3) is 5.66. The van der Waals surface area contributed by atoms with Crippen LogP contribution in [-0.2, 0) is 23.9 Å². The number of hydrogen-bond donors (Lipinski definition) is 3. The van der Waals surface area contributed by atoms with Gasteiger partial charge in [0.05, 0.1) is 19.1 Å². The van der Waals surface area contributed by atoms with Gasteiger partial charge in [-0.1, -0.05) is 6.92 Å². The molecule has 4 unspecified atom stereocenters.